The molecule has 1 amide bonds. The molecule has 3 nitrogen and oxygen atoms in total. The molecule has 0 fully saturated rings. The van der Waals surface area contributed by atoms with E-state index in [0.717, 1.165) is 12.1 Å². The third-order valence-electron chi connectivity index (χ3n) is 5.50. The van der Waals surface area contributed by atoms with Gasteiger partial charge in [-0.2, -0.15) is 0 Å². The highest BCUT2D eigenvalue weighted by Gasteiger charge is 2.22. The van der Waals surface area contributed by atoms with Gasteiger partial charge in [-0.1, -0.05) is 81.8 Å². The summed E-state index contributed by atoms with van der Waals surface area (Å²) in [6, 6.07) is 26.5. The van der Waals surface area contributed by atoms with Crippen molar-refractivity contribution in [3.05, 3.63) is 95.6 Å². The van der Waals surface area contributed by atoms with Crippen molar-refractivity contribution >= 4 is 11.6 Å². The molecule has 0 saturated carbocycles. The summed E-state index contributed by atoms with van der Waals surface area (Å²) in [4.78, 5) is 12.2. The molecule has 0 aliphatic carbocycles. The van der Waals surface area contributed by atoms with Crippen molar-refractivity contribution in [2.45, 2.75) is 45.4 Å². The lowest BCUT2D eigenvalue weighted by Crippen LogP contribution is -2.20. The highest BCUT2D eigenvalue weighted by atomic mass is 16.5. The summed E-state index contributed by atoms with van der Waals surface area (Å²) in [6.45, 7) is 6.59. The summed E-state index contributed by atoms with van der Waals surface area (Å²) in [5, 5.41) is 2.89. The molecule has 0 radical (unpaired) electrons. The number of hydrogen-bond acceptors (Lipinski definition) is 2. The topological polar surface area (TPSA) is 38.3 Å². The molecular weight excluding hydrogens is 370 g/mol. The number of unbranched alkanes of at least 4 members (excludes halogenated alkanes) is 1. The zero-order valence-corrected chi connectivity index (χ0v) is 18.2. The Morgan fingerprint density at radius 1 is 0.867 bits per heavy atom. The molecule has 3 rings (SSSR count). The highest BCUT2D eigenvalue weighted by Crippen LogP contribution is 2.32. The second kappa shape index (κ2) is 10.1. The molecule has 0 spiro atoms. The van der Waals surface area contributed by atoms with Crippen molar-refractivity contribution < 1.29 is 9.53 Å². The van der Waals surface area contributed by atoms with E-state index in [1.54, 1.807) is 0 Å². The van der Waals surface area contributed by atoms with Crippen molar-refractivity contribution in [2.75, 3.05) is 11.9 Å². The Balaban J connectivity index is 1.53. The number of benzene rings is 3. The van der Waals surface area contributed by atoms with Crippen molar-refractivity contribution in [1.82, 2.24) is 0 Å². The molecule has 3 aromatic carbocycles. The van der Waals surface area contributed by atoms with Gasteiger partial charge in [-0.15, -0.1) is 0 Å². The SMILES string of the molecule is CCCCc1ccc(NC(=O)COc2ccc(C(C)(C)c3ccccc3)cc2)cc1. The van der Waals surface area contributed by atoms with Crippen molar-refractivity contribution in [3.8, 4) is 5.75 Å². The Kier molecular flexibility index (Phi) is 7.29. The number of carbonyl (C=O) groups excluding carboxylic acids is 1. The first kappa shape index (κ1) is 21.6. The van der Waals surface area contributed by atoms with E-state index < -0.39 is 0 Å². The first-order chi connectivity index (χ1) is 14.5. The van der Waals surface area contributed by atoms with Crippen LogP contribution in [0.2, 0.25) is 0 Å². The molecule has 3 aromatic rings. The predicted octanol–water partition coefficient (Wildman–Crippen LogP) is 6.37. The van der Waals surface area contributed by atoms with Crippen LogP contribution in [-0.4, -0.2) is 12.5 Å². The predicted molar refractivity (Wildman–Crippen MR) is 124 cm³/mol. The van der Waals surface area contributed by atoms with Crippen LogP contribution < -0.4 is 10.1 Å². The van der Waals surface area contributed by atoms with Gasteiger partial charge in [-0.05, 0) is 53.8 Å². The van der Waals surface area contributed by atoms with Crippen LogP contribution in [0.25, 0.3) is 0 Å². The Morgan fingerprint density at radius 3 is 2.13 bits per heavy atom. The smallest absolute Gasteiger partial charge is 0.262 e. The van der Waals surface area contributed by atoms with E-state index in [9.17, 15) is 4.79 Å². The molecule has 0 saturated heterocycles. The first-order valence-electron chi connectivity index (χ1n) is 10.7. The van der Waals surface area contributed by atoms with Crippen LogP contribution in [0.1, 0.15) is 50.3 Å². The van der Waals surface area contributed by atoms with Crippen LogP contribution in [0, 0.1) is 0 Å². The number of aryl methyl sites for hydroxylation is 1. The van der Waals surface area contributed by atoms with Gasteiger partial charge in [0.1, 0.15) is 5.75 Å². The summed E-state index contributed by atoms with van der Waals surface area (Å²) in [6.07, 6.45) is 3.44. The average Bonchev–Trinajstić information content (AvgIpc) is 2.78. The Hall–Kier alpha value is -3.07. The van der Waals surface area contributed by atoms with Gasteiger partial charge in [0, 0.05) is 11.1 Å². The quantitative estimate of drug-likeness (QED) is 0.452. The number of amides is 1. The molecule has 156 valence electrons. The number of rotatable bonds is 9. The minimum Gasteiger partial charge on any atom is -0.484 e. The van der Waals surface area contributed by atoms with Crippen LogP contribution in [-0.2, 0) is 16.6 Å². The maximum absolute atomic E-state index is 12.2. The molecule has 3 heteroatoms. The summed E-state index contributed by atoms with van der Waals surface area (Å²) in [5.41, 5.74) is 4.46. The number of ether oxygens (including phenoxy) is 1. The fourth-order valence-corrected chi connectivity index (χ4v) is 3.47. The second-order valence-corrected chi connectivity index (χ2v) is 8.15. The van der Waals surface area contributed by atoms with E-state index in [-0.39, 0.29) is 17.9 Å². The van der Waals surface area contributed by atoms with Crippen molar-refractivity contribution in [2.24, 2.45) is 0 Å². The van der Waals surface area contributed by atoms with Gasteiger partial charge >= 0.3 is 0 Å². The minimum absolute atomic E-state index is 0.0149. The lowest BCUT2D eigenvalue weighted by atomic mass is 9.78. The largest absolute Gasteiger partial charge is 0.484 e. The maximum Gasteiger partial charge on any atom is 0.262 e. The van der Waals surface area contributed by atoms with Crippen molar-refractivity contribution in [3.63, 3.8) is 0 Å². The monoisotopic (exact) mass is 401 g/mol. The molecular formula is C27H31NO2. The van der Waals surface area contributed by atoms with Gasteiger partial charge in [-0.3, -0.25) is 4.79 Å². The van der Waals surface area contributed by atoms with E-state index >= 15 is 0 Å². The van der Waals surface area contributed by atoms with Gasteiger partial charge in [0.05, 0.1) is 0 Å². The van der Waals surface area contributed by atoms with Crippen LogP contribution >= 0.6 is 0 Å². The molecule has 0 bridgehead atoms. The number of carbonyl (C=O) groups is 1. The van der Waals surface area contributed by atoms with Crippen molar-refractivity contribution in [1.29, 1.82) is 0 Å². The van der Waals surface area contributed by atoms with Crippen LogP contribution in [0.15, 0.2) is 78.9 Å². The molecule has 0 unspecified atom stereocenters. The zero-order valence-electron chi connectivity index (χ0n) is 18.2. The fraction of sp³-hybridized carbons (Fsp3) is 0.296. The summed E-state index contributed by atoms with van der Waals surface area (Å²) in [5.74, 6) is 0.526. The third kappa shape index (κ3) is 5.73. The van der Waals surface area contributed by atoms with Gasteiger partial charge in [0.15, 0.2) is 6.61 Å². The molecule has 0 aliphatic rings. The van der Waals surface area contributed by atoms with E-state index in [0.29, 0.717) is 5.75 Å². The molecule has 0 aromatic heterocycles. The highest BCUT2D eigenvalue weighted by molar-refractivity contribution is 5.91. The van der Waals surface area contributed by atoms with Gasteiger partial charge in [-0.25, -0.2) is 0 Å². The van der Waals surface area contributed by atoms with E-state index in [1.807, 2.05) is 30.3 Å². The Bertz CT molecular complexity index is 929. The lowest BCUT2D eigenvalue weighted by molar-refractivity contribution is -0.118. The Labute approximate surface area is 180 Å². The van der Waals surface area contributed by atoms with Gasteiger partial charge in [0.2, 0.25) is 0 Å². The first-order valence-corrected chi connectivity index (χ1v) is 10.7. The molecule has 1 N–H and O–H groups in total. The molecule has 0 atom stereocenters. The number of nitrogens with one attached hydrogen (secondary N) is 1. The second-order valence-electron chi connectivity index (χ2n) is 8.15. The zero-order chi connectivity index (χ0) is 21.4. The van der Waals surface area contributed by atoms with Crippen LogP contribution in [0.5, 0.6) is 5.75 Å². The lowest BCUT2D eigenvalue weighted by Gasteiger charge is -2.26. The van der Waals surface area contributed by atoms with E-state index in [4.69, 9.17) is 4.74 Å². The van der Waals surface area contributed by atoms with E-state index in [1.165, 1.54) is 29.5 Å². The van der Waals surface area contributed by atoms with Gasteiger partial charge in [0.25, 0.3) is 5.91 Å². The summed E-state index contributed by atoms with van der Waals surface area (Å²) in [7, 11) is 0. The fourth-order valence-electron chi connectivity index (χ4n) is 3.47. The van der Waals surface area contributed by atoms with Crippen LogP contribution in [0.3, 0.4) is 0 Å². The van der Waals surface area contributed by atoms with E-state index in [2.05, 4.69) is 74.6 Å². The number of anilines is 1. The van der Waals surface area contributed by atoms with Gasteiger partial charge < -0.3 is 10.1 Å². The normalized spacial score (nSPS) is 11.2. The summed E-state index contributed by atoms with van der Waals surface area (Å²) >= 11 is 0. The Morgan fingerprint density at radius 2 is 1.50 bits per heavy atom. The average molecular weight is 402 g/mol. The minimum atomic E-state index is -0.162. The standard InChI is InChI=1S/C27H31NO2/c1-4-5-9-21-12-16-24(17-13-21)28-26(29)20-30-25-18-14-23(15-19-25)27(2,3)22-10-7-6-8-11-22/h6-8,10-19H,4-5,9,20H2,1-3H3,(H,28,29). The molecule has 0 aliphatic heterocycles. The molecule has 30 heavy (non-hydrogen) atoms. The molecule has 0 heterocycles. The van der Waals surface area contributed by atoms with Crippen LogP contribution in [0.4, 0.5) is 5.69 Å². The summed E-state index contributed by atoms with van der Waals surface area (Å²) < 4.78 is 5.68. The number of hydrogen-bond donors (Lipinski definition) is 1. The maximum atomic E-state index is 12.2. The third-order valence-corrected chi connectivity index (χ3v) is 5.50.